The number of non-ortho nitro benzene ring substituents is 1. The van der Waals surface area contributed by atoms with Crippen LogP contribution in [0, 0.1) is 17.0 Å². The van der Waals surface area contributed by atoms with Crippen LogP contribution in [0.2, 0.25) is 0 Å². The number of carbonyl (C=O) groups is 1. The fourth-order valence-electron chi connectivity index (χ4n) is 2.90. The number of nitrogens with zero attached hydrogens (tertiary/aromatic N) is 4. The molecule has 0 spiro atoms. The summed E-state index contributed by atoms with van der Waals surface area (Å²) < 4.78 is 25.5. The van der Waals surface area contributed by atoms with Crippen LogP contribution in [-0.4, -0.2) is 74.6 Å². The largest absolute Gasteiger partial charge is 0.339 e. The Labute approximate surface area is 153 Å². The number of amides is 1. The Morgan fingerprint density at radius 3 is 2.38 bits per heavy atom. The molecule has 1 aliphatic rings. The molecule has 0 N–H and O–H groups in total. The van der Waals surface area contributed by atoms with Crippen LogP contribution >= 0.6 is 0 Å². The van der Waals surface area contributed by atoms with Gasteiger partial charge in [-0.05, 0) is 19.0 Å². The first-order chi connectivity index (χ1) is 12.1. The summed E-state index contributed by atoms with van der Waals surface area (Å²) in [6.45, 7) is 6.82. The number of anilines is 1. The van der Waals surface area contributed by atoms with E-state index in [-0.39, 0.29) is 23.8 Å². The molecule has 0 unspecified atom stereocenters. The molecule has 9 nitrogen and oxygen atoms in total. The molecule has 0 radical (unpaired) electrons. The number of hydrogen-bond donors (Lipinski definition) is 0. The maximum Gasteiger partial charge on any atom is 0.271 e. The molecular formula is C16H24N4O5S. The maximum atomic E-state index is 12.6. The minimum Gasteiger partial charge on any atom is -0.339 e. The summed E-state index contributed by atoms with van der Waals surface area (Å²) in [5, 5.41) is 11.0. The second-order valence-corrected chi connectivity index (χ2v) is 8.22. The SMILES string of the molecule is CCN1CCN(C(=O)CN(c2cc([N+](=O)[O-])ccc2C)S(C)(=O)=O)CC1. The molecule has 1 aromatic rings. The Kier molecular flexibility index (Phi) is 6.19. The van der Waals surface area contributed by atoms with Crippen molar-refractivity contribution in [2.24, 2.45) is 0 Å². The van der Waals surface area contributed by atoms with Gasteiger partial charge in [0, 0.05) is 38.3 Å². The second kappa shape index (κ2) is 8.00. The van der Waals surface area contributed by atoms with Crippen molar-refractivity contribution in [3.8, 4) is 0 Å². The first-order valence-corrected chi connectivity index (χ1v) is 10.2. The Morgan fingerprint density at radius 2 is 1.88 bits per heavy atom. The molecule has 144 valence electrons. The van der Waals surface area contributed by atoms with Crippen molar-refractivity contribution in [2.75, 3.05) is 49.8 Å². The Morgan fingerprint density at radius 1 is 1.27 bits per heavy atom. The lowest BCUT2D eigenvalue weighted by atomic mass is 10.2. The van der Waals surface area contributed by atoms with Crippen molar-refractivity contribution in [3.05, 3.63) is 33.9 Å². The van der Waals surface area contributed by atoms with Crippen molar-refractivity contribution in [3.63, 3.8) is 0 Å². The summed E-state index contributed by atoms with van der Waals surface area (Å²) >= 11 is 0. The summed E-state index contributed by atoms with van der Waals surface area (Å²) in [7, 11) is -3.78. The van der Waals surface area contributed by atoms with Crippen LogP contribution in [-0.2, 0) is 14.8 Å². The minimum atomic E-state index is -3.78. The van der Waals surface area contributed by atoms with E-state index in [1.165, 1.54) is 18.2 Å². The number of likely N-dealkylation sites (N-methyl/N-ethyl adjacent to an activating group) is 1. The topological polar surface area (TPSA) is 104 Å². The molecule has 1 amide bonds. The zero-order valence-electron chi connectivity index (χ0n) is 15.2. The molecule has 10 heteroatoms. The number of piperazine rings is 1. The van der Waals surface area contributed by atoms with E-state index < -0.39 is 14.9 Å². The van der Waals surface area contributed by atoms with E-state index in [9.17, 15) is 23.3 Å². The van der Waals surface area contributed by atoms with E-state index >= 15 is 0 Å². The normalized spacial score (nSPS) is 15.7. The summed E-state index contributed by atoms with van der Waals surface area (Å²) in [4.78, 5) is 26.9. The van der Waals surface area contributed by atoms with Gasteiger partial charge in [0.05, 0.1) is 16.9 Å². The number of benzene rings is 1. The summed E-state index contributed by atoms with van der Waals surface area (Å²) in [6, 6.07) is 3.99. The predicted octanol–water partition coefficient (Wildman–Crippen LogP) is 0.833. The van der Waals surface area contributed by atoms with Gasteiger partial charge in [-0.25, -0.2) is 8.42 Å². The van der Waals surface area contributed by atoms with Crippen LogP contribution in [0.3, 0.4) is 0 Å². The predicted molar refractivity (Wildman–Crippen MR) is 98.7 cm³/mol. The van der Waals surface area contributed by atoms with Gasteiger partial charge in [-0.2, -0.15) is 0 Å². The van der Waals surface area contributed by atoms with Crippen LogP contribution in [0.15, 0.2) is 18.2 Å². The average Bonchev–Trinajstić information content (AvgIpc) is 2.59. The van der Waals surface area contributed by atoms with E-state index in [0.29, 0.717) is 18.7 Å². The van der Waals surface area contributed by atoms with Crippen molar-refractivity contribution in [1.82, 2.24) is 9.80 Å². The van der Waals surface area contributed by atoms with Crippen molar-refractivity contribution < 1.29 is 18.1 Å². The molecule has 2 rings (SSSR count). The van der Waals surface area contributed by atoms with E-state index in [2.05, 4.69) is 4.90 Å². The highest BCUT2D eigenvalue weighted by Crippen LogP contribution is 2.27. The van der Waals surface area contributed by atoms with Gasteiger partial charge < -0.3 is 9.80 Å². The first kappa shape index (κ1) is 20.1. The first-order valence-electron chi connectivity index (χ1n) is 8.36. The molecule has 26 heavy (non-hydrogen) atoms. The number of carbonyl (C=O) groups excluding carboxylic acids is 1. The summed E-state index contributed by atoms with van der Waals surface area (Å²) in [5.74, 6) is -0.308. The third-order valence-electron chi connectivity index (χ3n) is 4.52. The van der Waals surface area contributed by atoms with Gasteiger partial charge in [0.2, 0.25) is 15.9 Å². The van der Waals surface area contributed by atoms with E-state index in [1.807, 2.05) is 6.92 Å². The highest BCUT2D eigenvalue weighted by atomic mass is 32.2. The molecule has 1 aliphatic heterocycles. The van der Waals surface area contributed by atoms with E-state index in [4.69, 9.17) is 0 Å². The quantitative estimate of drug-likeness (QED) is 0.532. The molecule has 1 aromatic carbocycles. The third kappa shape index (κ3) is 4.70. The lowest BCUT2D eigenvalue weighted by molar-refractivity contribution is -0.384. The van der Waals surface area contributed by atoms with Gasteiger partial charge >= 0.3 is 0 Å². The van der Waals surface area contributed by atoms with Crippen LogP contribution in [0.5, 0.6) is 0 Å². The van der Waals surface area contributed by atoms with Crippen LogP contribution in [0.4, 0.5) is 11.4 Å². The lowest BCUT2D eigenvalue weighted by Gasteiger charge is -2.35. The average molecular weight is 384 g/mol. The molecular weight excluding hydrogens is 360 g/mol. The molecule has 0 atom stereocenters. The Hall–Kier alpha value is -2.20. The zero-order valence-corrected chi connectivity index (χ0v) is 16.0. The number of rotatable bonds is 6. The van der Waals surface area contributed by atoms with Gasteiger partial charge in [0.1, 0.15) is 6.54 Å². The fraction of sp³-hybridized carbons (Fsp3) is 0.562. The van der Waals surface area contributed by atoms with Gasteiger partial charge in [-0.1, -0.05) is 13.0 Å². The molecule has 0 aliphatic carbocycles. The molecule has 0 aromatic heterocycles. The Balaban J connectivity index is 2.26. The number of hydrogen-bond acceptors (Lipinski definition) is 6. The summed E-state index contributed by atoms with van der Waals surface area (Å²) in [5.41, 5.74) is 0.482. The number of aryl methyl sites for hydroxylation is 1. The summed E-state index contributed by atoms with van der Waals surface area (Å²) in [6.07, 6.45) is 0.994. The van der Waals surface area contributed by atoms with Crippen molar-refractivity contribution in [1.29, 1.82) is 0 Å². The van der Waals surface area contributed by atoms with E-state index in [0.717, 1.165) is 30.2 Å². The second-order valence-electron chi connectivity index (χ2n) is 6.31. The van der Waals surface area contributed by atoms with Crippen molar-refractivity contribution in [2.45, 2.75) is 13.8 Å². The smallest absolute Gasteiger partial charge is 0.271 e. The highest BCUT2D eigenvalue weighted by molar-refractivity contribution is 7.92. The third-order valence-corrected chi connectivity index (χ3v) is 5.65. The van der Waals surface area contributed by atoms with Gasteiger partial charge in [0.15, 0.2) is 0 Å². The number of nitro benzene ring substituents is 1. The molecule has 0 bridgehead atoms. The van der Waals surface area contributed by atoms with E-state index in [1.54, 1.807) is 11.8 Å². The number of sulfonamides is 1. The van der Waals surface area contributed by atoms with Crippen LogP contribution in [0.1, 0.15) is 12.5 Å². The van der Waals surface area contributed by atoms with Crippen molar-refractivity contribution >= 4 is 27.3 Å². The standard InChI is InChI=1S/C16H24N4O5S/c1-4-17-7-9-18(10-8-17)16(21)12-19(26(3,24)25)15-11-14(20(22)23)6-5-13(15)2/h5-6,11H,4,7-10,12H2,1-3H3. The number of nitro groups is 1. The lowest BCUT2D eigenvalue weighted by Crippen LogP contribution is -2.51. The molecule has 1 heterocycles. The molecule has 1 fully saturated rings. The van der Waals surface area contributed by atoms with Gasteiger partial charge in [-0.15, -0.1) is 0 Å². The fourth-order valence-corrected chi connectivity index (χ4v) is 3.80. The van der Waals surface area contributed by atoms with Crippen LogP contribution in [0.25, 0.3) is 0 Å². The molecule has 1 saturated heterocycles. The highest BCUT2D eigenvalue weighted by Gasteiger charge is 2.28. The minimum absolute atomic E-state index is 0.155. The zero-order chi connectivity index (χ0) is 19.5. The van der Waals surface area contributed by atoms with Gasteiger partial charge in [0.25, 0.3) is 5.69 Å². The molecule has 0 saturated carbocycles. The monoisotopic (exact) mass is 384 g/mol. The maximum absolute atomic E-state index is 12.6. The van der Waals surface area contributed by atoms with Crippen LogP contribution < -0.4 is 4.31 Å². The Bertz CT molecular complexity index is 788. The van der Waals surface area contributed by atoms with Gasteiger partial charge in [-0.3, -0.25) is 19.2 Å².